The number of methoxy groups -OCH3 is 1. The Morgan fingerprint density at radius 1 is 1.00 bits per heavy atom. The van der Waals surface area contributed by atoms with E-state index in [4.69, 9.17) is 26.0 Å². The standard InChI is InChI=1S/C15H23N2O3PS2/c1-18-14-2-4-15(5-3-14)21(22,16-6-10-19-11-7-16)23-17-8-12-20-13-9-17/h2-5H,6-13H2,1H3. The summed E-state index contributed by atoms with van der Waals surface area (Å²) < 4.78 is 21.1. The molecule has 0 radical (unpaired) electrons. The van der Waals surface area contributed by atoms with E-state index in [0.29, 0.717) is 0 Å². The summed E-state index contributed by atoms with van der Waals surface area (Å²) in [5.41, 5.74) is 0. The summed E-state index contributed by atoms with van der Waals surface area (Å²) in [6, 6.07) is 8.28. The van der Waals surface area contributed by atoms with Crippen LogP contribution in [0.3, 0.4) is 0 Å². The molecular weight excluding hydrogens is 351 g/mol. The van der Waals surface area contributed by atoms with Crippen molar-refractivity contribution < 1.29 is 14.2 Å². The first-order chi connectivity index (χ1) is 11.2. The molecule has 1 atom stereocenters. The first kappa shape index (κ1) is 17.7. The highest BCUT2D eigenvalue weighted by Crippen LogP contribution is 2.62. The maximum atomic E-state index is 6.27. The lowest BCUT2D eigenvalue weighted by atomic mass is 10.3. The second kappa shape index (κ2) is 8.30. The summed E-state index contributed by atoms with van der Waals surface area (Å²) in [7, 11) is 1.69. The normalized spacial score (nSPS) is 23.3. The monoisotopic (exact) mass is 374 g/mol. The average molecular weight is 374 g/mol. The van der Waals surface area contributed by atoms with Gasteiger partial charge < -0.3 is 14.2 Å². The number of benzene rings is 1. The van der Waals surface area contributed by atoms with E-state index in [0.717, 1.165) is 58.4 Å². The molecule has 1 aromatic carbocycles. The Balaban J connectivity index is 1.85. The van der Waals surface area contributed by atoms with Gasteiger partial charge in [0.15, 0.2) is 0 Å². The first-order valence-electron chi connectivity index (χ1n) is 7.82. The van der Waals surface area contributed by atoms with Gasteiger partial charge in [-0.1, -0.05) is 11.8 Å². The molecule has 3 rings (SSSR count). The largest absolute Gasteiger partial charge is 0.497 e. The van der Waals surface area contributed by atoms with Crippen molar-refractivity contribution in [2.24, 2.45) is 0 Å². The summed E-state index contributed by atoms with van der Waals surface area (Å²) in [6.07, 6.45) is 0. The van der Waals surface area contributed by atoms with Crippen molar-refractivity contribution >= 4 is 34.1 Å². The quantitative estimate of drug-likeness (QED) is 0.576. The molecule has 2 aliphatic rings. The minimum atomic E-state index is -1.93. The van der Waals surface area contributed by atoms with E-state index in [2.05, 4.69) is 21.1 Å². The lowest BCUT2D eigenvalue weighted by Crippen LogP contribution is -2.38. The topological polar surface area (TPSA) is 34.2 Å². The number of rotatable bonds is 5. The van der Waals surface area contributed by atoms with Crippen LogP contribution in [0.25, 0.3) is 0 Å². The number of hydrogen-bond acceptors (Lipinski definition) is 6. The molecule has 128 valence electrons. The Morgan fingerprint density at radius 2 is 1.57 bits per heavy atom. The van der Waals surface area contributed by atoms with E-state index in [1.807, 2.05) is 23.7 Å². The molecule has 2 saturated heterocycles. The number of morpholine rings is 2. The molecule has 23 heavy (non-hydrogen) atoms. The predicted octanol–water partition coefficient (Wildman–Crippen LogP) is 1.94. The summed E-state index contributed by atoms with van der Waals surface area (Å²) in [4.78, 5) is 0. The molecule has 1 unspecified atom stereocenters. The van der Waals surface area contributed by atoms with Crippen LogP contribution in [0.4, 0.5) is 0 Å². The molecule has 2 fully saturated rings. The highest BCUT2D eigenvalue weighted by molar-refractivity contribution is 8.71. The molecule has 2 heterocycles. The van der Waals surface area contributed by atoms with Crippen LogP contribution in [0.2, 0.25) is 0 Å². The second-order valence-electron chi connectivity index (χ2n) is 5.41. The van der Waals surface area contributed by atoms with E-state index in [1.165, 1.54) is 5.30 Å². The molecule has 0 N–H and O–H groups in total. The Bertz CT molecular complexity index is 546. The molecule has 5 nitrogen and oxygen atoms in total. The van der Waals surface area contributed by atoms with Gasteiger partial charge in [0.1, 0.15) is 11.1 Å². The van der Waals surface area contributed by atoms with E-state index < -0.39 is 5.39 Å². The zero-order valence-corrected chi connectivity index (χ0v) is 15.9. The molecule has 0 amide bonds. The smallest absolute Gasteiger partial charge is 0.118 e. The van der Waals surface area contributed by atoms with E-state index in [9.17, 15) is 0 Å². The highest BCUT2D eigenvalue weighted by atomic mass is 32.9. The zero-order chi connectivity index (χ0) is 16.1. The molecule has 0 aromatic heterocycles. The third-order valence-corrected chi connectivity index (χ3v) is 11.5. The van der Waals surface area contributed by atoms with Gasteiger partial charge in [0.2, 0.25) is 0 Å². The van der Waals surface area contributed by atoms with Gasteiger partial charge in [0.05, 0.1) is 33.5 Å². The maximum Gasteiger partial charge on any atom is 0.118 e. The van der Waals surface area contributed by atoms with Crippen LogP contribution in [0, 0.1) is 0 Å². The molecule has 0 spiro atoms. The van der Waals surface area contributed by atoms with Crippen LogP contribution >= 0.6 is 17.0 Å². The minimum absolute atomic E-state index is 0.762. The van der Waals surface area contributed by atoms with Crippen molar-refractivity contribution in [1.82, 2.24) is 8.98 Å². The summed E-state index contributed by atoms with van der Waals surface area (Å²) in [5.74, 6) is 0.869. The van der Waals surface area contributed by atoms with Gasteiger partial charge in [-0.25, -0.2) is 4.31 Å². The summed E-state index contributed by atoms with van der Waals surface area (Å²) in [6.45, 7) is 6.77. The van der Waals surface area contributed by atoms with Crippen LogP contribution in [0.5, 0.6) is 5.75 Å². The van der Waals surface area contributed by atoms with Crippen molar-refractivity contribution in [1.29, 1.82) is 0 Å². The molecule has 1 aromatic rings. The average Bonchev–Trinajstić information content (AvgIpc) is 2.63. The lowest BCUT2D eigenvalue weighted by molar-refractivity contribution is 0.0745. The second-order valence-corrected chi connectivity index (χ2v) is 12.6. The Morgan fingerprint density at radius 3 is 2.13 bits per heavy atom. The minimum Gasteiger partial charge on any atom is -0.497 e. The van der Waals surface area contributed by atoms with Gasteiger partial charge in [-0.15, -0.1) is 0 Å². The Hall–Kier alpha value is -0.140. The van der Waals surface area contributed by atoms with Gasteiger partial charge in [0.25, 0.3) is 0 Å². The Kier molecular flexibility index (Phi) is 6.38. The first-order valence-corrected chi connectivity index (χ1v) is 12.0. The Labute approximate surface area is 147 Å². The molecule has 2 aliphatic heterocycles. The van der Waals surface area contributed by atoms with Crippen molar-refractivity contribution in [3.8, 4) is 5.75 Å². The fraction of sp³-hybridized carbons (Fsp3) is 0.600. The molecule has 0 saturated carbocycles. The zero-order valence-electron chi connectivity index (χ0n) is 13.3. The number of ether oxygens (including phenoxy) is 3. The van der Waals surface area contributed by atoms with Gasteiger partial charge in [-0.3, -0.25) is 4.67 Å². The molecule has 0 aliphatic carbocycles. The van der Waals surface area contributed by atoms with Crippen molar-refractivity contribution in [3.63, 3.8) is 0 Å². The van der Waals surface area contributed by atoms with E-state index >= 15 is 0 Å². The van der Waals surface area contributed by atoms with E-state index in [-0.39, 0.29) is 0 Å². The van der Waals surface area contributed by atoms with Crippen LogP contribution in [-0.4, -0.2) is 68.7 Å². The summed E-state index contributed by atoms with van der Waals surface area (Å²) in [5, 5.41) is -0.699. The van der Waals surface area contributed by atoms with E-state index in [1.54, 1.807) is 7.11 Å². The van der Waals surface area contributed by atoms with Crippen LogP contribution in [-0.2, 0) is 21.3 Å². The molecular formula is C15H23N2O3PS2. The van der Waals surface area contributed by atoms with Crippen LogP contribution in [0.15, 0.2) is 24.3 Å². The number of hydrogen-bond donors (Lipinski definition) is 0. The third kappa shape index (κ3) is 4.28. The predicted molar refractivity (Wildman–Crippen MR) is 99.3 cm³/mol. The number of nitrogens with zero attached hydrogens (tertiary/aromatic N) is 2. The fourth-order valence-electron chi connectivity index (χ4n) is 2.63. The van der Waals surface area contributed by atoms with Gasteiger partial charge >= 0.3 is 0 Å². The summed E-state index contributed by atoms with van der Waals surface area (Å²) >= 11 is 8.12. The van der Waals surface area contributed by atoms with Gasteiger partial charge in [0, 0.05) is 31.5 Å². The van der Waals surface area contributed by atoms with Gasteiger partial charge in [-0.05, 0) is 35.8 Å². The van der Waals surface area contributed by atoms with Crippen molar-refractivity contribution in [2.75, 3.05) is 59.7 Å². The van der Waals surface area contributed by atoms with Crippen molar-refractivity contribution in [2.45, 2.75) is 0 Å². The van der Waals surface area contributed by atoms with Gasteiger partial charge in [-0.2, -0.15) is 0 Å². The maximum absolute atomic E-state index is 6.27. The molecule has 8 heteroatoms. The van der Waals surface area contributed by atoms with Crippen molar-refractivity contribution in [3.05, 3.63) is 24.3 Å². The fourth-order valence-corrected chi connectivity index (χ4v) is 9.58. The van der Waals surface area contributed by atoms with Crippen LogP contribution < -0.4 is 10.0 Å². The van der Waals surface area contributed by atoms with Crippen LogP contribution in [0.1, 0.15) is 0 Å². The SMILES string of the molecule is COc1ccc(P(=S)(SN2CCOCC2)N2CCOCC2)cc1. The highest BCUT2D eigenvalue weighted by Gasteiger charge is 2.33. The third-order valence-electron chi connectivity index (χ3n) is 3.95. The lowest BCUT2D eigenvalue weighted by Gasteiger charge is -2.40. The molecule has 0 bridgehead atoms.